The molecule has 0 unspecified atom stereocenters. The third kappa shape index (κ3) is 4.71. The Morgan fingerprint density at radius 2 is 0.706 bits per heavy atom. The maximum Gasteiger partial charge on any atom is 0.0720 e. The number of hydrogen-bond acceptors (Lipinski definition) is 1. The van der Waals surface area contributed by atoms with Gasteiger partial charge in [-0.05, 0) is 133 Å². The van der Waals surface area contributed by atoms with Gasteiger partial charge in [0.1, 0.15) is 0 Å². The van der Waals surface area contributed by atoms with Crippen LogP contribution in [0.1, 0.15) is 44.5 Å². The summed E-state index contributed by atoms with van der Waals surface area (Å²) >= 11 is 0. The molecule has 1 aromatic heterocycles. The highest BCUT2D eigenvalue weighted by atomic mass is 15.1. The van der Waals surface area contributed by atoms with Crippen molar-refractivity contribution >= 4 is 49.6 Å². The Morgan fingerprint density at radius 1 is 0.279 bits per heavy atom. The molecule has 1 heterocycles. The molecule has 2 nitrogen and oxygen atoms in total. The molecular weight excluding hydrogens is 821 g/mol. The number of fused-ring (bicyclic) bond motifs is 21. The van der Waals surface area contributed by atoms with Gasteiger partial charge in [0.2, 0.25) is 0 Å². The number of nitrogens with zero attached hydrogens (tertiary/aromatic N) is 2. The van der Waals surface area contributed by atoms with E-state index in [1.165, 1.54) is 99.3 Å². The van der Waals surface area contributed by atoms with Gasteiger partial charge in [0, 0.05) is 38.9 Å². The minimum absolute atomic E-state index is 0.490. The average molecular weight is 863 g/mol. The van der Waals surface area contributed by atoms with Crippen molar-refractivity contribution in [3.63, 3.8) is 0 Å². The average Bonchev–Trinajstić information content (AvgIpc) is 4.01. The molecule has 0 radical (unpaired) electrons. The summed E-state index contributed by atoms with van der Waals surface area (Å²) in [5.74, 6) is 0. The van der Waals surface area contributed by atoms with Crippen LogP contribution >= 0.6 is 0 Å². The first-order valence-electron chi connectivity index (χ1n) is 23.8. The summed E-state index contributed by atoms with van der Waals surface area (Å²) in [7, 11) is 0. The van der Waals surface area contributed by atoms with E-state index in [2.05, 4.69) is 264 Å². The molecule has 0 saturated carbocycles. The van der Waals surface area contributed by atoms with Gasteiger partial charge in [-0.25, -0.2) is 0 Å². The fraction of sp³-hybridized carbons (Fsp3) is 0.0303. The lowest BCUT2D eigenvalue weighted by Crippen LogP contribution is -2.43. The van der Waals surface area contributed by atoms with Crippen LogP contribution in [0.3, 0.4) is 0 Å². The van der Waals surface area contributed by atoms with E-state index < -0.39 is 10.8 Å². The van der Waals surface area contributed by atoms with Gasteiger partial charge >= 0.3 is 0 Å². The number of benzene rings is 11. The molecule has 316 valence electrons. The van der Waals surface area contributed by atoms with E-state index in [1.54, 1.807) is 0 Å². The van der Waals surface area contributed by atoms with Crippen LogP contribution in [0.2, 0.25) is 0 Å². The molecule has 0 fully saturated rings. The Bertz CT molecular complexity index is 3890. The molecule has 0 aliphatic heterocycles. The second-order valence-corrected chi connectivity index (χ2v) is 18.7. The fourth-order valence-electron chi connectivity index (χ4n) is 13.1. The Labute approximate surface area is 395 Å². The van der Waals surface area contributed by atoms with Crippen molar-refractivity contribution in [3.05, 3.63) is 299 Å². The summed E-state index contributed by atoms with van der Waals surface area (Å²) in [6.45, 7) is 0. The lowest BCUT2D eigenvalue weighted by molar-refractivity contribution is 0.633. The maximum atomic E-state index is 2.58. The molecule has 2 heteroatoms. The third-order valence-electron chi connectivity index (χ3n) is 15.6. The Hall–Kier alpha value is -8.72. The Kier molecular flexibility index (Phi) is 7.67. The fourth-order valence-corrected chi connectivity index (χ4v) is 13.1. The molecule has 0 N–H and O–H groups in total. The van der Waals surface area contributed by atoms with E-state index in [9.17, 15) is 0 Å². The van der Waals surface area contributed by atoms with Crippen LogP contribution in [-0.2, 0) is 10.8 Å². The molecule has 2 spiro atoms. The van der Waals surface area contributed by atoms with E-state index in [0.717, 1.165) is 22.7 Å². The molecule has 12 aromatic rings. The number of rotatable bonds is 4. The van der Waals surface area contributed by atoms with Crippen LogP contribution in [-0.4, -0.2) is 4.57 Å². The van der Waals surface area contributed by atoms with Crippen LogP contribution in [0.5, 0.6) is 0 Å². The quantitative estimate of drug-likeness (QED) is 0.171. The van der Waals surface area contributed by atoms with Crippen LogP contribution in [0.4, 0.5) is 17.1 Å². The molecule has 0 saturated heterocycles. The summed E-state index contributed by atoms with van der Waals surface area (Å²) in [5, 5.41) is 4.97. The van der Waals surface area contributed by atoms with Gasteiger partial charge in [0.05, 0.1) is 21.9 Å². The van der Waals surface area contributed by atoms with E-state index in [4.69, 9.17) is 0 Å². The Balaban J connectivity index is 1.04. The third-order valence-corrected chi connectivity index (χ3v) is 15.6. The van der Waals surface area contributed by atoms with Crippen molar-refractivity contribution in [1.29, 1.82) is 0 Å². The number of para-hydroxylation sites is 2. The van der Waals surface area contributed by atoms with Crippen LogP contribution in [0.25, 0.3) is 60.5 Å². The minimum atomic E-state index is -0.593. The highest BCUT2D eigenvalue weighted by molar-refractivity contribution is 6.20. The van der Waals surface area contributed by atoms with E-state index in [-0.39, 0.29) is 0 Å². The van der Waals surface area contributed by atoms with Crippen molar-refractivity contribution in [2.24, 2.45) is 0 Å². The second kappa shape index (κ2) is 13.9. The van der Waals surface area contributed by atoms with Crippen molar-refractivity contribution in [1.82, 2.24) is 4.57 Å². The van der Waals surface area contributed by atoms with Crippen LogP contribution in [0.15, 0.2) is 255 Å². The summed E-state index contributed by atoms with van der Waals surface area (Å²) in [6, 6.07) is 95.5. The van der Waals surface area contributed by atoms with E-state index in [0.29, 0.717) is 0 Å². The van der Waals surface area contributed by atoms with Gasteiger partial charge < -0.3 is 9.47 Å². The molecule has 3 aliphatic carbocycles. The lowest BCUT2D eigenvalue weighted by Gasteiger charge is -2.48. The predicted octanol–water partition coefficient (Wildman–Crippen LogP) is 16.4. The molecular formula is C66H42N2. The molecule has 0 atom stereocenters. The van der Waals surface area contributed by atoms with Gasteiger partial charge in [-0.3, -0.25) is 0 Å². The van der Waals surface area contributed by atoms with Gasteiger partial charge in [0.25, 0.3) is 0 Å². The van der Waals surface area contributed by atoms with Gasteiger partial charge in [-0.15, -0.1) is 0 Å². The largest absolute Gasteiger partial charge is 0.311 e. The standard InChI is InChI=1S/C66H42N2/c1-3-20-44(21-4-1)67(45-22-5-2-6-23-45)46-36-38-47(39-37-46)68-63-42-62-53(41-54(63)52-40-35-43-19-7-8-24-48(43)64(52)68)51-27-11-14-30-57(51)66(62)60-33-17-15-31-58(60)65(59-32-16-18-34-61(59)66)55-28-12-9-25-49(55)50-26-10-13-29-56(50)65/h1-42H. The smallest absolute Gasteiger partial charge is 0.0720 e. The summed E-state index contributed by atoms with van der Waals surface area (Å²) < 4.78 is 2.55. The van der Waals surface area contributed by atoms with Gasteiger partial charge in [-0.2, -0.15) is 0 Å². The topological polar surface area (TPSA) is 8.17 Å². The zero-order chi connectivity index (χ0) is 44.6. The SMILES string of the molecule is c1ccc(N(c2ccccc2)c2ccc(-n3c4cc5c(cc4c4ccc6ccccc6c43)-c3ccccc3C53c4ccccc4C4(c5ccccc5-c5ccccc54)c4ccccc43)cc2)cc1. The summed E-state index contributed by atoms with van der Waals surface area (Å²) in [5.41, 5.74) is 21.8. The maximum absolute atomic E-state index is 2.58. The highest BCUT2D eigenvalue weighted by Gasteiger charge is 2.59. The van der Waals surface area contributed by atoms with Crippen molar-refractivity contribution in [2.75, 3.05) is 4.90 Å². The Morgan fingerprint density at radius 3 is 1.25 bits per heavy atom. The van der Waals surface area contributed by atoms with Crippen molar-refractivity contribution < 1.29 is 0 Å². The summed E-state index contributed by atoms with van der Waals surface area (Å²) in [6.07, 6.45) is 0. The molecule has 68 heavy (non-hydrogen) atoms. The molecule has 11 aromatic carbocycles. The first-order valence-corrected chi connectivity index (χ1v) is 23.8. The highest BCUT2D eigenvalue weighted by Crippen LogP contribution is 2.67. The van der Waals surface area contributed by atoms with Gasteiger partial charge in [0.15, 0.2) is 0 Å². The normalized spacial score (nSPS) is 14.1. The first kappa shape index (κ1) is 37.5. The zero-order valence-electron chi connectivity index (χ0n) is 37.1. The minimum Gasteiger partial charge on any atom is -0.311 e. The predicted molar refractivity (Wildman–Crippen MR) is 281 cm³/mol. The monoisotopic (exact) mass is 862 g/mol. The van der Waals surface area contributed by atoms with Crippen LogP contribution < -0.4 is 4.90 Å². The van der Waals surface area contributed by atoms with Gasteiger partial charge in [-0.1, -0.05) is 194 Å². The van der Waals surface area contributed by atoms with Crippen LogP contribution in [0, 0.1) is 0 Å². The first-order chi connectivity index (χ1) is 33.8. The van der Waals surface area contributed by atoms with Crippen molar-refractivity contribution in [2.45, 2.75) is 10.8 Å². The zero-order valence-corrected chi connectivity index (χ0v) is 37.1. The molecule has 3 aliphatic rings. The molecule has 0 bridgehead atoms. The molecule has 0 amide bonds. The summed E-state index contributed by atoms with van der Waals surface area (Å²) in [4.78, 5) is 2.34. The van der Waals surface area contributed by atoms with E-state index >= 15 is 0 Å². The number of hydrogen-bond donors (Lipinski definition) is 0. The molecule has 15 rings (SSSR count). The lowest BCUT2D eigenvalue weighted by atomic mass is 9.52. The number of aromatic nitrogens is 1. The second-order valence-electron chi connectivity index (χ2n) is 18.7. The number of anilines is 3. The van der Waals surface area contributed by atoms with Crippen molar-refractivity contribution in [3.8, 4) is 27.9 Å². The van der Waals surface area contributed by atoms with E-state index in [1.807, 2.05) is 0 Å².